The smallest absolute Gasteiger partial charge is 0.193 e. The Morgan fingerprint density at radius 3 is 2.38 bits per heavy atom. The quantitative estimate of drug-likeness (QED) is 0.193. The zero-order chi connectivity index (χ0) is 26.7. The largest absolute Gasteiger partial charge is 0.452 e. The van der Waals surface area contributed by atoms with Crippen molar-refractivity contribution < 1.29 is 9.21 Å². The maximum absolute atomic E-state index is 13.5. The molecule has 0 saturated heterocycles. The van der Waals surface area contributed by atoms with Gasteiger partial charge in [0.2, 0.25) is 0 Å². The molecule has 0 aliphatic heterocycles. The van der Waals surface area contributed by atoms with Gasteiger partial charge < -0.3 is 4.42 Å². The highest BCUT2D eigenvalue weighted by Gasteiger charge is 2.21. The lowest BCUT2D eigenvalue weighted by Gasteiger charge is -2.08. The Labute approximate surface area is 234 Å². The number of rotatable bonds is 5. The van der Waals surface area contributed by atoms with Gasteiger partial charge in [-0.25, -0.2) is 4.98 Å². The molecule has 0 aliphatic carbocycles. The number of nitrogens with zero attached hydrogens (tertiary/aromatic N) is 2. The number of carbonyl (C=O) groups excluding carboxylic acids is 1. The first kappa shape index (κ1) is 23.9. The van der Waals surface area contributed by atoms with Crippen LogP contribution in [0.4, 0.5) is 0 Å². The zero-order valence-corrected chi connectivity index (χ0v) is 23.2. The Balaban J connectivity index is 1.51. The predicted molar refractivity (Wildman–Crippen MR) is 162 cm³/mol. The summed E-state index contributed by atoms with van der Waals surface area (Å²) in [6.07, 6.45) is 2.79. The van der Waals surface area contributed by atoms with Crippen LogP contribution in [-0.4, -0.2) is 15.3 Å². The van der Waals surface area contributed by atoms with Gasteiger partial charge in [0.25, 0.3) is 0 Å². The number of aromatic nitrogens is 2. The first-order chi connectivity index (χ1) is 19.0. The number of ketones is 1. The standard InChI is InChI=1S/C34H25BrN2O2/c1-20(2)17-23-8-6-11-27-28-15-16-36-34(33(28)39-32(23)27)37-29-12-4-3-10-25(29)26-14-13-22(19-30(26)37)31(38)21-7-5-9-24(35)18-21/h3-16,18-20H,17H2,1-2H3. The van der Waals surface area contributed by atoms with Crippen molar-refractivity contribution in [3.8, 4) is 5.82 Å². The molecule has 3 heterocycles. The number of hydrogen-bond acceptors (Lipinski definition) is 3. The number of hydrogen-bond donors (Lipinski definition) is 0. The van der Waals surface area contributed by atoms with Crippen LogP contribution in [-0.2, 0) is 6.42 Å². The fraction of sp³-hybridized carbons (Fsp3) is 0.118. The van der Waals surface area contributed by atoms with E-state index in [4.69, 9.17) is 9.40 Å². The van der Waals surface area contributed by atoms with Gasteiger partial charge in [-0.2, -0.15) is 0 Å². The Morgan fingerprint density at radius 2 is 1.54 bits per heavy atom. The highest BCUT2D eigenvalue weighted by Crippen LogP contribution is 2.38. The molecule has 0 spiro atoms. The second-order valence-corrected chi connectivity index (χ2v) is 11.3. The van der Waals surface area contributed by atoms with Crippen molar-refractivity contribution in [3.05, 3.63) is 118 Å². The van der Waals surface area contributed by atoms with E-state index in [2.05, 4.69) is 64.7 Å². The molecule has 4 nitrogen and oxygen atoms in total. The van der Waals surface area contributed by atoms with E-state index >= 15 is 0 Å². The van der Waals surface area contributed by atoms with Crippen molar-refractivity contribution in [1.29, 1.82) is 0 Å². The van der Waals surface area contributed by atoms with Crippen LogP contribution in [0.15, 0.2) is 106 Å². The van der Waals surface area contributed by atoms with Gasteiger partial charge >= 0.3 is 0 Å². The highest BCUT2D eigenvalue weighted by molar-refractivity contribution is 9.10. The average Bonchev–Trinajstić information content (AvgIpc) is 3.49. The van der Waals surface area contributed by atoms with Gasteiger partial charge in [0, 0.05) is 43.3 Å². The van der Waals surface area contributed by atoms with E-state index in [1.54, 1.807) is 0 Å². The summed E-state index contributed by atoms with van der Waals surface area (Å²) < 4.78 is 9.65. The second-order valence-electron chi connectivity index (χ2n) is 10.4. The summed E-state index contributed by atoms with van der Waals surface area (Å²) >= 11 is 3.49. The molecule has 0 fully saturated rings. The third-order valence-corrected chi connectivity index (χ3v) is 7.83. The minimum Gasteiger partial charge on any atom is -0.452 e. The summed E-state index contributed by atoms with van der Waals surface area (Å²) in [6.45, 7) is 4.44. The van der Waals surface area contributed by atoms with E-state index in [9.17, 15) is 4.79 Å². The summed E-state index contributed by atoms with van der Waals surface area (Å²) in [6, 6.07) is 30.1. The molecule has 0 aliphatic rings. The summed E-state index contributed by atoms with van der Waals surface area (Å²) in [5.74, 6) is 1.21. The minimum absolute atomic E-state index is 0.0248. The molecule has 0 amide bonds. The fourth-order valence-corrected chi connectivity index (χ4v) is 6.06. The van der Waals surface area contributed by atoms with Crippen LogP contribution in [0.3, 0.4) is 0 Å². The maximum Gasteiger partial charge on any atom is 0.193 e. The number of benzene rings is 4. The Bertz CT molecular complexity index is 2070. The van der Waals surface area contributed by atoms with Crippen molar-refractivity contribution in [3.63, 3.8) is 0 Å². The predicted octanol–water partition coefficient (Wildman–Crippen LogP) is 9.27. The molecule has 7 rings (SSSR count). The lowest BCUT2D eigenvalue weighted by molar-refractivity contribution is 0.103. The number of para-hydroxylation sites is 2. The van der Waals surface area contributed by atoms with Crippen molar-refractivity contribution in [1.82, 2.24) is 9.55 Å². The van der Waals surface area contributed by atoms with E-state index in [1.807, 2.05) is 66.9 Å². The van der Waals surface area contributed by atoms with Crippen molar-refractivity contribution in [2.75, 3.05) is 0 Å². The number of furan rings is 1. The monoisotopic (exact) mass is 572 g/mol. The van der Waals surface area contributed by atoms with E-state index in [0.717, 1.165) is 60.5 Å². The van der Waals surface area contributed by atoms with Gasteiger partial charge in [-0.3, -0.25) is 9.36 Å². The Hall–Kier alpha value is -4.22. The minimum atomic E-state index is -0.0248. The molecule has 0 atom stereocenters. The SMILES string of the molecule is CC(C)Cc1cccc2c1oc1c(-n3c4ccccc4c4ccc(C(=O)c5cccc(Br)c5)cc43)nccc12. The summed E-state index contributed by atoms with van der Waals surface area (Å²) in [4.78, 5) is 18.4. The molecule has 4 aromatic carbocycles. The summed E-state index contributed by atoms with van der Waals surface area (Å²) in [5, 5.41) is 4.29. The van der Waals surface area contributed by atoms with Gasteiger partial charge in [0.1, 0.15) is 5.58 Å². The molecule has 5 heteroatoms. The summed E-state index contributed by atoms with van der Waals surface area (Å²) in [7, 11) is 0. The number of fused-ring (bicyclic) bond motifs is 6. The van der Waals surface area contributed by atoms with Crippen LogP contribution in [0.25, 0.3) is 49.6 Å². The number of pyridine rings is 1. The van der Waals surface area contributed by atoms with Gasteiger partial charge in [-0.15, -0.1) is 0 Å². The maximum atomic E-state index is 13.5. The van der Waals surface area contributed by atoms with Crippen LogP contribution in [0.1, 0.15) is 35.3 Å². The van der Waals surface area contributed by atoms with Gasteiger partial charge in [-0.1, -0.05) is 90.4 Å². The molecule has 0 unspecified atom stereocenters. The van der Waals surface area contributed by atoms with Gasteiger partial charge in [0.15, 0.2) is 17.2 Å². The topological polar surface area (TPSA) is 48.0 Å². The average molecular weight is 573 g/mol. The normalized spacial score (nSPS) is 11.9. The number of halogens is 1. The third kappa shape index (κ3) is 3.88. The number of carbonyl (C=O) groups is 1. The Morgan fingerprint density at radius 1 is 0.795 bits per heavy atom. The van der Waals surface area contributed by atoms with Gasteiger partial charge in [0.05, 0.1) is 11.0 Å². The molecule has 0 saturated carbocycles. The van der Waals surface area contributed by atoms with Crippen molar-refractivity contribution >= 4 is 65.5 Å². The molecule has 0 bridgehead atoms. The highest BCUT2D eigenvalue weighted by atomic mass is 79.9. The van der Waals surface area contributed by atoms with E-state index in [1.165, 1.54) is 5.56 Å². The molecule has 7 aromatic rings. The van der Waals surface area contributed by atoms with Crippen LogP contribution in [0, 0.1) is 5.92 Å². The van der Waals surface area contributed by atoms with Crippen LogP contribution < -0.4 is 0 Å². The molecular weight excluding hydrogens is 548 g/mol. The van der Waals surface area contributed by atoms with Crippen molar-refractivity contribution in [2.24, 2.45) is 5.92 Å². The first-order valence-electron chi connectivity index (χ1n) is 13.1. The molecule has 190 valence electrons. The van der Waals surface area contributed by atoms with Crippen LogP contribution in [0.2, 0.25) is 0 Å². The second kappa shape index (κ2) is 9.21. The zero-order valence-electron chi connectivity index (χ0n) is 21.6. The van der Waals surface area contributed by atoms with Crippen LogP contribution in [0.5, 0.6) is 0 Å². The van der Waals surface area contributed by atoms with Crippen molar-refractivity contribution in [2.45, 2.75) is 20.3 Å². The van der Waals surface area contributed by atoms with E-state index in [-0.39, 0.29) is 5.78 Å². The van der Waals surface area contributed by atoms with Gasteiger partial charge in [-0.05, 0) is 48.2 Å². The molecular formula is C34H25BrN2O2. The molecule has 0 N–H and O–H groups in total. The lowest BCUT2D eigenvalue weighted by Crippen LogP contribution is -2.02. The molecule has 39 heavy (non-hydrogen) atoms. The summed E-state index contributed by atoms with van der Waals surface area (Å²) in [5.41, 5.74) is 6.06. The first-order valence-corrected chi connectivity index (χ1v) is 13.9. The molecule has 3 aromatic heterocycles. The third-order valence-electron chi connectivity index (χ3n) is 7.34. The van der Waals surface area contributed by atoms with E-state index < -0.39 is 0 Å². The van der Waals surface area contributed by atoms with Crippen LogP contribution >= 0.6 is 15.9 Å². The fourth-order valence-electron chi connectivity index (χ4n) is 5.67. The lowest BCUT2D eigenvalue weighted by atomic mass is 10.0. The van der Waals surface area contributed by atoms with E-state index in [0.29, 0.717) is 17.0 Å². The Kier molecular flexibility index (Phi) is 5.64. The molecule has 0 radical (unpaired) electrons.